The van der Waals surface area contributed by atoms with Gasteiger partial charge in [-0.3, -0.25) is 5.32 Å². The number of nitrogens with zero attached hydrogens (tertiary/aromatic N) is 4. The highest BCUT2D eigenvalue weighted by molar-refractivity contribution is 6.04. The molecule has 8 heteroatoms. The summed E-state index contributed by atoms with van der Waals surface area (Å²) in [6.45, 7) is 3.02. The lowest BCUT2D eigenvalue weighted by molar-refractivity contribution is 0.167. The Morgan fingerprint density at radius 3 is 2.68 bits per heavy atom. The van der Waals surface area contributed by atoms with Crippen molar-refractivity contribution in [1.82, 2.24) is 19.7 Å². The van der Waals surface area contributed by atoms with Gasteiger partial charge in [0.1, 0.15) is 17.9 Å². The normalized spacial score (nSPS) is 10.9. The first-order chi connectivity index (χ1) is 13.8. The molecule has 0 spiro atoms. The molecule has 2 aromatic carbocycles. The highest BCUT2D eigenvalue weighted by atomic mass is 16.5. The van der Waals surface area contributed by atoms with E-state index in [2.05, 4.69) is 20.5 Å². The van der Waals surface area contributed by atoms with Crippen molar-refractivity contribution >= 4 is 34.1 Å². The molecule has 8 nitrogen and oxygen atoms in total. The summed E-state index contributed by atoms with van der Waals surface area (Å²) in [4.78, 5) is 16.1. The van der Waals surface area contributed by atoms with Crippen LogP contribution >= 0.6 is 0 Å². The standard InChI is InChI=1S/C20H19N5O3/c1-2-27-20(26)22-19-21-18-17(23-24-19)15-10-6-7-11-16(15)25(18)12-13-28-14-8-4-3-5-9-14/h3-11H,2,12-13H2,1H3,(H,21,22,24,26). The molecule has 1 amide bonds. The summed E-state index contributed by atoms with van der Waals surface area (Å²) in [5, 5.41) is 11.7. The summed E-state index contributed by atoms with van der Waals surface area (Å²) in [5.41, 5.74) is 2.27. The Morgan fingerprint density at radius 1 is 1.07 bits per heavy atom. The van der Waals surface area contributed by atoms with Gasteiger partial charge in [0.05, 0.1) is 18.7 Å². The number of fused-ring (bicyclic) bond motifs is 3. The Balaban J connectivity index is 1.66. The van der Waals surface area contributed by atoms with E-state index in [-0.39, 0.29) is 12.6 Å². The van der Waals surface area contributed by atoms with Gasteiger partial charge in [-0.2, -0.15) is 4.98 Å². The summed E-state index contributed by atoms with van der Waals surface area (Å²) in [5.74, 6) is 0.902. The molecule has 0 saturated heterocycles. The molecule has 4 aromatic rings. The number of ether oxygens (including phenoxy) is 2. The van der Waals surface area contributed by atoms with Gasteiger partial charge >= 0.3 is 6.09 Å². The quantitative estimate of drug-likeness (QED) is 0.552. The topological polar surface area (TPSA) is 91.2 Å². The molecule has 0 radical (unpaired) electrons. The maximum atomic E-state index is 11.7. The number of hydrogen-bond donors (Lipinski definition) is 1. The fourth-order valence-electron chi connectivity index (χ4n) is 3.01. The first-order valence-electron chi connectivity index (χ1n) is 8.99. The van der Waals surface area contributed by atoms with E-state index in [1.54, 1.807) is 6.92 Å². The van der Waals surface area contributed by atoms with E-state index in [0.717, 1.165) is 16.7 Å². The van der Waals surface area contributed by atoms with Crippen LogP contribution in [0.25, 0.3) is 22.1 Å². The molecule has 0 atom stereocenters. The zero-order valence-corrected chi connectivity index (χ0v) is 15.3. The number of carbonyl (C=O) groups is 1. The fraction of sp³-hybridized carbons (Fsp3) is 0.200. The van der Waals surface area contributed by atoms with Gasteiger partial charge in [0.2, 0.25) is 0 Å². The number of carbonyl (C=O) groups excluding carboxylic acids is 1. The fourth-order valence-corrected chi connectivity index (χ4v) is 3.01. The first-order valence-corrected chi connectivity index (χ1v) is 8.99. The number of amides is 1. The molecule has 0 fully saturated rings. The predicted molar refractivity (Wildman–Crippen MR) is 105 cm³/mol. The number of rotatable bonds is 6. The minimum Gasteiger partial charge on any atom is -0.492 e. The molecule has 2 aromatic heterocycles. The Bertz CT molecular complexity index is 1110. The average Bonchev–Trinajstić information content (AvgIpc) is 3.02. The maximum Gasteiger partial charge on any atom is 0.414 e. The lowest BCUT2D eigenvalue weighted by atomic mass is 10.2. The molecule has 1 N–H and O–H groups in total. The second-order valence-electron chi connectivity index (χ2n) is 5.98. The van der Waals surface area contributed by atoms with Crippen molar-refractivity contribution in [3.63, 3.8) is 0 Å². The monoisotopic (exact) mass is 377 g/mol. The molecule has 0 unspecified atom stereocenters. The third kappa shape index (κ3) is 3.57. The Labute approximate surface area is 161 Å². The smallest absolute Gasteiger partial charge is 0.414 e. The van der Waals surface area contributed by atoms with Crippen LogP contribution in [0.3, 0.4) is 0 Å². The number of benzene rings is 2. The third-order valence-corrected chi connectivity index (χ3v) is 4.19. The highest BCUT2D eigenvalue weighted by Crippen LogP contribution is 2.26. The number of para-hydroxylation sites is 2. The van der Waals surface area contributed by atoms with Crippen LogP contribution in [0.2, 0.25) is 0 Å². The van der Waals surface area contributed by atoms with Gasteiger partial charge in [-0.15, -0.1) is 10.2 Å². The molecule has 4 rings (SSSR count). The lowest BCUT2D eigenvalue weighted by Gasteiger charge is -2.09. The Kier molecular flexibility index (Phi) is 5.01. The van der Waals surface area contributed by atoms with Gasteiger partial charge in [-0.05, 0) is 25.1 Å². The molecular weight excluding hydrogens is 358 g/mol. The van der Waals surface area contributed by atoms with Gasteiger partial charge in [0, 0.05) is 5.39 Å². The molecule has 0 aliphatic carbocycles. The Morgan fingerprint density at radius 2 is 1.86 bits per heavy atom. The summed E-state index contributed by atoms with van der Waals surface area (Å²) in [6, 6.07) is 17.5. The van der Waals surface area contributed by atoms with Crippen LogP contribution in [0.4, 0.5) is 10.7 Å². The van der Waals surface area contributed by atoms with Crippen LogP contribution < -0.4 is 10.1 Å². The van der Waals surface area contributed by atoms with Crippen molar-refractivity contribution in [3.8, 4) is 5.75 Å². The molecule has 142 valence electrons. The van der Waals surface area contributed by atoms with Crippen LogP contribution in [-0.4, -0.2) is 39.1 Å². The van der Waals surface area contributed by atoms with E-state index in [0.29, 0.717) is 24.3 Å². The summed E-state index contributed by atoms with van der Waals surface area (Å²) in [7, 11) is 0. The van der Waals surface area contributed by atoms with E-state index in [1.807, 2.05) is 59.2 Å². The molecule has 0 saturated carbocycles. The summed E-state index contributed by atoms with van der Waals surface area (Å²) < 4.78 is 12.7. The Hall–Kier alpha value is -3.68. The van der Waals surface area contributed by atoms with Crippen LogP contribution in [0, 0.1) is 0 Å². The third-order valence-electron chi connectivity index (χ3n) is 4.19. The summed E-state index contributed by atoms with van der Waals surface area (Å²) >= 11 is 0. The minimum atomic E-state index is -0.612. The summed E-state index contributed by atoms with van der Waals surface area (Å²) in [6.07, 6.45) is -0.612. The highest BCUT2D eigenvalue weighted by Gasteiger charge is 2.15. The van der Waals surface area contributed by atoms with Crippen molar-refractivity contribution in [2.75, 3.05) is 18.5 Å². The largest absolute Gasteiger partial charge is 0.492 e. The van der Waals surface area contributed by atoms with Crippen LogP contribution in [0.5, 0.6) is 5.75 Å². The minimum absolute atomic E-state index is 0.0963. The number of anilines is 1. The van der Waals surface area contributed by atoms with Crippen molar-refractivity contribution in [2.45, 2.75) is 13.5 Å². The van der Waals surface area contributed by atoms with E-state index < -0.39 is 6.09 Å². The van der Waals surface area contributed by atoms with Gasteiger partial charge in [-0.25, -0.2) is 4.79 Å². The van der Waals surface area contributed by atoms with Crippen molar-refractivity contribution in [3.05, 3.63) is 54.6 Å². The van der Waals surface area contributed by atoms with E-state index >= 15 is 0 Å². The molecule has 2 heterocycles. The SMILES string of the molecule is CCOC(=O)Nc1nnc2c3ccccc3n(CCOc3ccccc3)c2n1. The van der Waals surface area contributed by atoms with Crippen LogP contribution in [-0.2, 0) is 11.3 Å². The second kappa shape index (κ2) is 7.91. The van der Waals surface area contributed by atoms with Gasteiger partial charge in [0.15, 0.2) is 5.65 Å². The van der Waals surface area contributed by atoms with E-state index in [9.17, 15) is 4.79 Å². The molecular formula is C20H19N5O3. The molecule has 0 aliphatic heterocycles. The van der Waals surface area contributed by atoms with Crippen molar-refractivity contribution < 1.29 is 14.3 Å². The molecule has 0 aliphatic rings. The first kappa shape index (κ1) is 17.7. The second-order valence-corrected chi connectivity index (χ2v) is 5.98. The van der Waals surface area contributed by atoms with Crippen molar-refractivity contribution in [2.24, 2.45) is 0 Å². The zero-order chi connectivity index (χ0) is 19.3. The zero-order valence-electron chi connectivity index (χ0n) is 15.3. The number of hydrogen-bond acceptors (Lipinski definition) is 6. The number of aromatic nitrogens is 4. The molecule has 0 bridgehead atoms. The van der Waals surface area contributed by atoms with Crippen molar-refractivity contribution in [1.29, 1.82) is 0 Å². The van der Waals surface area contributed by atoms with E-state index in [4.69, 9.17) is 9.47 Å². The van der Waals surface area contributed by atoms with Crippen LogP contribution in [0.1, 0.15) is 6.92 Å². The van der Waals surface area contributed by atoms with Gasteiger partial charge in [0.25, 0.3) is 5.95 Å². The van der Waals surface area contributed by atoms with Crippen LogP contribution in [0.15, 0.2) is 54.6 Å². The van der Waals surface area contributed by atoms with Gasteiger partial charge in [-0.1, -0.05) is 36.4 Å². The maximum absolute atomic E-state index is 11.7. The average molecular weight is 377 g/mol. The number of nitrogens with one attached hydrogen (secondary N) is 1. The lowest BCUT2D eigenvalue weighted by Crippen LogP contribution is -2.16. The predicted octanol–water partition coefficient (Wildman–Crippen LogP) is 3.63. The van der Waals surface area contributed by atoms with E-state index in [1.165, 1.54) is 0 Å². The van der Waals surface area contributed by atoms with Gasteiger partial charge < -0.3 is 14.0 Å². The molecule has 28 heavy (non-hydrogen) atoms.